The lowest BCUT2D eigenvalue weighted by atomic mass is 10.1. The zero-order valence-corrected chi connectivity index (χ0v) is 13.4. The highest BCUT2D eigenvalue weighted by atomic mass is 16.6. The summed E-state index contributed by atoms with van der Waals surface area (Å²) in [6, 6.07) is 6.62. The van der Waals surface area contributed by atoms with Crippen LogP contribution in [-0.2, 0) is 6.54 Å². The Hall–Kier alpha value is -2.78. The molecule has 25 heavy (non-hydrogen) atoms. The zero-order valence-electron chi connectivity index (χ0n) is 13.4. The monoisotopic (exact) mass is 346 g/mol. The van der Waals surface area contributed by atoms with E-state index in [4.69, 9.17) is 5.11 Å². The van der Waals surface area contributed by atoms with E-state index in [0.29, 0.717) is 26.2 Å². The maximum absolute atomic E-state index is 12.3. The Morgan fingerprint density at radius 1 is 1.20 bits per heavy atom. The molecule has 9 heteroatoms. The number of β-amino-alcohol motifs (C(OH)–C–C–N with tert-alkyl or cyclic N) is 1. The van der Waals surface area contributed by atoms with Crippen LogP contribution in [0.15, 0.2) is 35.1 Å². The summed E-state index contributed by atoms with van der Waals surface area (Å²) in [5.41, 5.74) is 1.29. The highest BCUT2D eigenvalue weighted by Gasteiger charge is 2.26. The van der Waals surface area contributed by atoms with Gasteiger partial charge in [0.25, 0.3) is 5.91 Å². The third-order valence-electron chi connectivity index (χ3n) is 4.06. The summed E-state index contributed by atoms with van der Waals surface area (Å²) in [6.07, 6.45) is 0.561. The lowest BCUT2D eigenvalue weighted by molar-refractivity contribution is 0.0652. The molecule has 1 fully saturated rings. The van der Waals surface area contributed by atoms with Crippen molar-refractivity contribution in [2.45, 2.75) is 12.6 Å². The third-order valence-corrected chi connectivity index (χ3v) is 4.06. The number of benzene rings is 1. The van der Waals surface area contributed by atoms with Gasteiger partial charge in [0.05, 0.1) is 11.7 Å². The number of aliphatic hydroxyl groups excluding tert-OH is 1. The summed E-state index contributed by atoms with van der Waals surface area (Å²) in [4.78, 5) is 26.7. The minimum absolute atomic E-state index is 0.116. The Morgan fingerprint density at radius 3 is 2.60 bits per heavy atom. The topological polar surface area (TPSA) is 120 Å². The Balaban J connectivity index is 1.63. The van der Waals surface area contributed by atoms with Crippen molar-refractivity contribution in [1.82, 2.24) is 20.1 Å². The molecule has 0 aliphatic carbocycles. The van der Waals surface area contributed by atoms with Crippen LogP contribution in [0.1, 0.15) is 26.4 Å². The first-order valence-electron chi connectivity index (χ1n) is 7.82. The van der Waals surface area contributed by atoms with Crippen LogP contribution in [0.25, 0.3) is 0 Å². The number of carbonyl (C=O) groups is 2. The summed E-state index contributed by atoms with van der Waals surface area (Å²) < 4.78 is 4.45. The van der Waals surface area contributed by atoms with Gasteiger partial charge in [-0.15, -0.1) is 0 Å². The van der Waals surface area contributed by atoms with E-state index < -0.39 is 12.1 Å². The summed E-state index contributed by atoms with van der Waals surface area (Å²) in [6.45, 7) is 2.21. The van der Waals surface area contributed by atoms with Crippen LogP contribution in [0, 0.1) is 0 Å². The highest BCUT2D eigenvalue weighted by molar-refractivity contribution is 5.91. The average molecular weight is 346 g/mol. The van der Waals surface area contributed by atoms with Crippen molar-refractivity contribution in [1.29, 1.82) is 0 Å². The summed E-state index contributed by atoms with van der Waals surface area (Å²) in [5.74, 6) is -1.29. The molecule has 2 N–H and O–H groups in total. The number of rotatable bonds is 4. The third kappa shape index (κ3) is 4.20. The van der Waals surface area contributed by atoms with Crippen molar-refractivity contribution < 1.29 is 24.4 Å². The van der Waals surface area contributed by atoms with Gasteiger partial charge in [0.1, 0.15) is 6.20 Å². The van der Waals surface area contributed by atoms with Crippen LogP contribution in [0.4, 0.5) is 0 Å². The molecule has 0 unspecified atom stereocenters. The van der Waals surface area contributed by atoms with Gasteiger partial charge in [0, 0.05) is 32.7 Å². The van der Waals surface area contributed by atoms with Gasteiger partial charge in [-0.1, -0.05) is 17.3 Å². The molecule has 9 nitrogen and oxygen atoms in total. The van der Waals surface area contributed by atoms with Crippen molar-refractivity contribution in [2.75, 3.05) is 26.2 Å². The Morgan fingerprint density at radius 2 is 1.96 bits per heavy atom. The average Bonchev–Trinajstić information content (AvgIpc) is 3.06. The van der Waals surface area contributed by atoms with E-state index in [1.165, 1.54) is 11.1 Å². The van der Waals surface area contributed by atoms with E-state index in [1.54, 1.807) is 24.3 Å². The van der Waals surface area contributed by atoms with Gasteiger partial charge in [-0.2, -0.15) is 0 Å². The number of carboxylic acid groups (broad SMARTS) is 1. The van der Waals surface area contributed by atoms with E-state index in [1.807, 2.05) is 4.90 Å². The van der Waals surface area contributed by atoms with Crippen LogP contribution >= 0.6 is 0 Å². The van der Waals surface area contributed by atoms with Crippen LogP contribution in [0.2, 0.25) is 0 Å². The van der Waals surface area contributed by atoms with Gasteiger partial charge in [0.15, 0.2) is 5.69 Å². The number of carbonyl (C=O) groups excluding carboxylic acids is 1. The molecule has 132 valence electrons. The molecule has 1 saturated heterocycles. The highest BCUT2D eigenvalue weighted by Crippen LogP contribution is 2.12. The number of amides is 1. The van der Waals surface area contributed by atoms with Crippen LogP contribution < -0.4 is 0 Å². The minimum Gasteiger partial charge on any atom is -0.478 e. The van der Waals surface area contributed by atoms with Crippen LogP contribution in [0.5, 0.6) is 0 Å². The van der Waals surface area contributed by atoms with E-state index in [9.17, 15) is 14.7 Å². The second-order valence-electron chi connectivity index (χ2n) is 5.93. The van der Waals surface area contributed by atoms with Crippen molar-refractivity contribution >= 4 is 11.9 Å². The molecule has 0 bridgehead atoms. The molecule has 0 spiro atoms. The van der Waals surface area contributed by atoms with E-state index in [-0.39, 0.29) is 23.7 Å². The van der Waals surface area contributed by atoms with Gasteiger partial charge in [0.2, 0.25) is 0 Å². The second kappa shape index (κ2) is 7.41. The number of aromatic nitrogens is 2. The fraction of sp³-hybridized carbons (Fsp3) is 0.375. The smallest absolute Gasteiger partial charge is 0.335 e. The first-order valence-corrected chi connectivity index (χ1v) is 7.82. The van der Waals surface area contributed by atoms with Crippen LogP contribution in [0.3, 0.4) is 0 Å². The molecule has 1 aliphatic rings. The Labute approximate surface area is 143 Å². The lowest BCUT2D eigenvalue weighted by Gasteiger charge is -2.21. The molecule has 1 aromatic carbocycles. The summed E-state index contributed by atoms with van der Waals surface area (Å²) in [7, 11) is 0. The molecule has 1 aliphatic heterocycles. The molecular weight excluding hydrogens is 328 g/mol. The standard InChI is InChI=1S/C16H18N4O5/c21-13-9-19(8-11-1-3-12(4-2-11)16(23)24)5-6-20(10-13)15(22)14-7-17-25-18-14/h1-4,7,13,21H,5-6,8-10H2,(H,23,24)/t13-/m0/s1. The van der Waals surface area contributed by atoms with Gasteiger partial charge in [-0.05, 0) is 22.9 Å². The molecule has 0 radical (unpaired) electrons. The van der Waals surface area contributed by atoms with Gasteiger partial charge >= 0.3 is 5.97 Å². The molecule has 0 saturated carbocycles. The van der Waals surface area contributed by atoms with E-state index in [0.717, 1.165) is 5.56 Å². The quantitative estimate of drug-likeness (QED) is 0.799. The molecule has 1 atom stereocenters. The lowest BCUT2D eigenvalue weighted by Crippen LogP contribution is -2.37. The molecule has 2 heterocycles. The normalized spacial score (nSPS) is 18.8. The number of hydrogen-bond acceptors (Lipinski definition) is 7. The summed E-state index contributed by atoms with van der Waals surface area (Å²) in [5, 5.41) is 26.1. The maximum Gasteiger partial charge on any atom is 0.335 e. The molecular formula is C16H18N4O5. The van der Waals surface area contributed by atoms with Gasteiger partial charge in [-0.3, -0.25) is 9.69 Å². The first kappa shape index (κ1) is 17.1. The maximum atomic E-state index is 12.3. The van der Waals surface area contributed by atoms with E-state index >= 15 is 0 Å². The largest absolute Gasteiger partial charge is 0.478 e. The number of aliphatic hydroxyl groups is 1. The van der Waals surface area contributed by atoms with Crippen molar-refractivity contribution in [3.63, 3.8) is 0 Å². The fourth-order valence-corrected chi connectivity index (χ4v) is 2.81. The van der Waals surface area contributed by atoms with E-state index in [2.05, 4.69) is 14.9 Å². The van der Waals surface area contributed by atoms with Crippen molar-refractivity contribution in [3.05, 3.63) is 47.3 Å². The minimum atomic E-state index is -0.965. The van der Waals surface area contributed by atoms with Crippen LogP contribution in [-0.4, -0.2) is 74.5 Å². The van der Waals surface area contributed by atoms with Crippen molar-refractivity contribution in [3.8, 4) is 0 Å². The Kier molecular flexibility index (Phi) is 5.05. The number of hydrogen-bond donors (Lipinski definition) is 2. The predicted molar refractivity (Wildman–Crippen MR) is 84.9 cm³/mol. The fourth-order valence-electron chi connectivity index (χ4n) is 2.81. The molecule has 3 rings (SSSR count). The first-order chi connectivity index (χ1) is 12.0. The van der Waals surface area contributed by atoms with Gasteiger partial charge in [-0.25, -0.2) is 9.42 Å². The molecule has 1 aromatic heterocycles. The van der Waals surface area contributed by atoms with Gasteiger partial charge < -0.3 is 15.1 Å². The second-order valence-corrected chi connectivity index (χ2v) is 5.93. The van der Waals surface area contributed by atoms with Crippen molar-refractivity contribution in [2.24, 2.45) is 0 Å². The number of aromatic carboxylic acids is 1. The summed E-state index contributed by atoms with van der Waals surface area (Å²) >= 11 is 0. The number of nitrogens with zero attached hydrogens (tertiary/aromatic N) is 4. The number of carboxylic acids is 1. The predicted octanol–water partition coefficient (Wildman–Crippen LogP) is 0.0867. The molecule has 1 amide bonds. The zero-order chi connectivity index (χ0) is 17.8. The SMILES string of the molecule is O=C(O)c1ccc(CN2CCN(C(=O)c3cnon3)C[C@@H](O)C2)cc1. The Bertz CT molecular complexity index is 731. The molecule has 2 aromatic rings.